The lowest BCUT2D eigenvalue weighted by Gasteiger charge is -2.26. The van der Waals surface area contributed by atoms with Gasteiger partial charge in [-0.25, -0.2) is 0 Å². The SMILES string of the molecule is Nc1nnc(-c2cnc(-c3ccc(CN4CCCCC4)cc3)c(-c3ccccc3)c2)s1. The number of benzene rings is 2. The molecule has 0 atom stereocenters. The van der Waals surface area contributed by atoms with Crippen LogP contribution in [0.5, 0.6) is 0 Å². The summed E-state index contributed by atoms with van der Waals surface area (Å²) in [5.41, 5.74) is 12.4. The van der Waals surface area contributed by atoms with Crippen LogP contribution in [0.2, 0.25) is 0 Å². The van der Waals surface area contributed by atoms with E-state index in [4.69, 9.17) is 10.7 Å². The Kier molecular flexibility index (Phi) is 5.74. The zero-order valence-corrected chi connectivity index (χ0v) is 18.2. The number of hydrogen-bond acceptors (Lipinski definition) is 6. The van der Waals surface area contributed by atoms with Crippen LogP contribution in [0, 0.1) is 0 Å². The lowest BCUT2D eigenvalue weighted by atomic mass is 9.97. The minimum absolute atomic E-state index is 0.463. The maximum Gasteiger partial charge on any atom is 0.203 e. The predicted molar refractivity (Wildman–Crippen MR) is 128 cm³/mol. The van der Waals surface area contributed by atoms with E-state index in [0.29, 0.717) is 5.13 Å². The van der Waals surface area contributed by atoms with Crippen molar-refractivity contribution in [2.24, 2.45) is 0 Å². The average Bonchev–Trinajstić information content (AvgIpc) is 3.27. The molecule has 1 saturated heterocycles. The average molecular weight is 428 g/mol. The van der Waals surface area contributed by atoms with Gasteiger partial charge in [-0.2, -0.15) is 0 Å². The molecule has 0 saturated carbocycles. The normalized spacial score (nSPS) is 14.6. The van der Waals surface area contributed by atoms with Gasteiger partial charge < -0.3 is 5.73 Å². The lowest BCUT2D eigenvalue weighted by Crippen LogP contribution is -2.28. The molecule has 0 aliphatic carbocycles. The highest BCUT2D eigenvalue weighted by molar-refractivity contribution is 7.18. The highest BCUT2D eigenvalue weighted by atomic mass is 32.1. The topological polar surface area (TPSA) is 67.9 Å². The van der Waals surface area contributed by atoms with Crippen molar-refractivity contribution in [2.45, 2.75) is 25.8 Å². The monoisotopic (exact) mass is 427 g/mol. The molecule has 4 aromatic rings. The van der Waals surface area contributed by atoms with Gasteiger partial charge in [-0.15, -0.1) is 10.2 Å². The van der Waals surface area contributed by atoms with Crippen LogP contribution in [0.4, 0.5) is 5.13 Å². The summed E-state index contributed by atoms with van der Waals surface area (Å²) in [5, 5.41) is 9.38. The molecule has 6 heteroatoms. The number of nitrogen functional groups attached to an aromatic ring is 1. The molecule has 1 aliphatic rings. The summed E-state index contributed by atoms with van der Waals surface area (Å²) < 4.78 is 0. The Morgan fingerprint density at radius 2 is 1.61 bits per heavy atom. The maximum absolute atomic E-state index is 5.79. The Hall–Kier alpha value is -3.09. The quantitative estimate of drug-likeness (QED) is 0.455. The highest BCUT2D eigenvalue weighted by Gasteiger charge is 2.14. The zero-order valence-electron chi connectivity index (χ0n) is 17.4. The van der Waals surface area contributed by atoms with Crippen LogP contribution < -0.4 is 5.73 Å². The van der Waals surface area contributed by atoms with Crippen LogP contribution in [0.3, 0.4) is 0 Å². The first-order valence-electron chi connectivity index (χ1n) is 10.7. The molecule has 156 valence electrons. The summed E-state index contributed by atoms with van der Waals surface area (Å²) >= 11 is 1.38. The molecule has 0 amide bonds. The fraction of sp³-hybridized carbons (Fsp3) is 0.240. The number of pyridine rings is 1. The van der Waals surface area contributed by atoms with E-state index < -0.39 is 0 Å². The van der Waals surface area contributed by atoms with Crippen molar-refractivity contribution in [3.63, 3.8) is 0 Å². The number of nitrogens with zero attached hydrogens (tertiary/aromatic N) is 4. The number of aromatic nitrogens is 3. The molecule has 5 rings (SSSR count). The van der Waals surface area contributed by atoms with Crippen molar-refractivity contribution >= 4 is 16.5 Å². The predicted octanol–water partition coefficient (Wildman–Crippen LogP) is 5.50. The Bertz CT molecular complexity index is 1150. The summed E-state index contributed by atoms with van der Waals surface area (Å²) in [4.78, 5) is 7.39. The van der Waals surface area contributed by atoms with E-state index in [1.54, 1.807) is 0 Å². The Morgan fingerprint density at radius 3 is 2.32 bits per heavy atom. The molecule has 31 heavy (non-hydrogen) atoms. The zero-order chi connectivity index (χ0) is 21.0. The molecule has 5 nitrogen and oxygen atoms in total. The maximum atomic E-state index is 5.79. The van der Waals surface area contributed by atoms with E-state index in [0.717, 1.165) is 39.5 Å². The lowest BCUT2D eigenvalue weighted by molar-refractivity contribution is 0.221. The van der Waals surface area contributed by atoms with Crippen molar-refractivity contribution in [1.29, 1.82) is 0 Å². The smallest absolute Gasteiger partial charge is 0.203 e. The minimum Gasteiger partial charge on any atom is -0.374 e. The van der Waals surface area contributed by atoms with Crippen LogP contribution in [-0.4, -0.2) is 33.2 Å². The number of hydrogen-bond donors (Lipinski definition) is 1. The van der Waals surface area contributed by atoms with Crippen molar-refractivity contribution in [3.8, 4) is 33.0 Å². The van der Waals surface area contributed by atoms with Gasteiger partial charge in [0.25, 0.3) is 0 Å². The number of piperidine rings is 1. The molecule has 2 aromatic carbocycles. The van der Waals surface area contributed by atoms with E-state index in [1.807, 2.05) is 12.3 Å². The molecule has 0 unspecified atom stereocenters. The second-order valence-corrected chi connectivity index (χ2v) is 8.97. The molecule has 0 bridgehead atoms. The van der Waals surface area contributed by atoms with E-state index >= 15 is 0 Å². The largest absolute Gasteiger partial charge is 0.374 e. The molecule has 1 aliphatic heterocycles. The third-order valence-electron chi connectivity index (χ3n) is 5.74. The first-order chi connectivity index (χ1) is 15.3. The molecule has 2 N–H and O–H groups in total. The van der Waals surface area contributed by atoms with Crippen molar-refractivity contribution in [1.82, 2.24) is 20.1 Å². The summed E-state index contributed by atoms with van der Waals surface area (Å²) in [5.74, 6) is 0. The van der Waals surface area contributed by atoms with Gasteiger partial charge in [-0.3, -0.25) is 9.88 Å². The van der Waals surface area contributed by atoms with Gasteiger partial charge in [0.15, 0.2) is 5.01 Å². The van der Waals surface area contributed by atoms with Crippen LogP contribution in [0.15, 0.2) is 66.9 Å². The van der Waals surface area contributed by atoms with Gasteiger partial charge in [0.1, 0.15) is 0 Å². The Balaban J connectivity index is 1.49. The number of anilines is 1. The summed E-state index contributed by atoms with van der Waals surface area (Å²) in [6.07, 6.45) is 5.86. The summed E-state index contributed by atoms with van der Waals surface area (Å²) in [7, 11) is 0. The second-order valence-electron chi connectivity index (χ2n) is 7.97. The molecule has 3 heterocycles. The van der Waals surface area contributed by atoms with Crippen LogP contribution >= 0.6 is 11.3 Å². The first-order valence-corrected chi connectivity index (χ1v) is 11.5. The fourth-order valence-corrected chi connectivity index (χ4v) is 4.74. The standard InChI is InChI=1S/C25H25N5S/c26-25-29-28-24(31-25)21-15-22(19-7-3-1-4-8-19)23(27-16-21)20-11-9-18(10-12-20)17-30-13-5-2-6-14-30/h1,3-4,7-12,15-16H,2,5-6,13-14,17H2,(H2,26,29). The third kappa shape index (κ3) is 4.50. The van der Waals surface area contributed by atoms with Gasteiger partial charge in [-0.05, 0) is 43.1 Å². The number of rotatable bonds is 5. The highest BCUT2D eigenvalue weighted by Crippen LogP contribution is 2.35. The van der Waals surface area contributed by atoms with Crippen LogP contribution in [0.25, 0.3) is 33.0 Å². The van der Waals surface area contributed by atoms with E-state index in [1.165, 1.54) is 49.3 Å². The number of nitrogens with two attached hydrogens (primary N) is 1. The molecule has 0 spiro atoms. The molecule has 1 fully saturated rings. The molecular weight excluding hydrogens is 402 g/mol. The molecule has 2 aromatic heterocycles. The van der Waals surface area contributed by atoms with Gasteiger partial charge in [0.05, 0.1) is 5.69 Å². The van der Waals surface area contributed by atoms with E-state index in [-0.39, 0.29) is 0 Å². The van der Waals surface area contributed by atoms with Crippen LogP contribution in [0.1, 0.15) is 24.8 Å². The van der Waals surface area contributed by atoms with E-state index in [2.05, 4.69) is 69.7 Å². The first kappa shape index (κ1) is 19.8. The number of likely N-dealkylation sites (tertiary alicyclic amines) is 1. The van der Waals surface area contributed by atoms with Crippen molar-refractivity contribution < 1.29 is 0 Å². The second kappa shape index (κ2) is 8.96. The van der Waals surface area contributed by atoms with Gasteiger partial charge >= 0.3 is 0 Å². The summed E-state index contributed by atoms with van der Waals surface area (Å²) in [6.45, 7) is 3.44. The minimum atomic E-state index is 0.463. The fourth-order valence-electron chi connectivity index (χ4n) is 4.14. The van der Waals surface area contributed by atoms with Crippen molar-refractivity contribution in [2.75, 3.05) is 18.8 Å². The van der Waals surface area contributed by atoms with Gasteiger partial charge in [-0.1, -0.05) is 72.4 Å². The van der Waals surface area contributed by atoms with Crippen molar-refractivity contribution in [3.05, 3.63) is 72.4 Å². The summed E-state index contributed by atoms with van der Waals surface area (Å²) in [6, 6.07) is 21.4. The Labute approximate surface area is 186 Å². The molecule has 0 radical (unpaired) electrons. The van der Waals surface area contributed by atoms with Gasteiger partial charge in [0.2, 0.25) is 5.13 Å². The van der Waals surface area contributed by atoms with Crippen LogP contribution in [-0.2, 0) is 6.54 Å². The third-order valence-corrected chi connectivity index (χ3v) is 6.54. The Morgan fingerprint density at radius 1 is 0.839 bits per heavy atom. The van der Waals surface area contributed by atoms with E-state index in [9.17, 15) is 0 Å². The van der Waals surface area contributed by atoms with Gasteiger partial charge in [0, 0.05) is 29.4 Å². The molecular formula is C25H25N5S.